The number of anilines is 6. The van der Waals surface area contributed by atoms with Crippen LogP contribution in [0.1, 0.15) is 131 Å². The number of hydrogen-bond donors (Lipinski definition) is 0. The van der Waals surface area contributed by atoms with E-state index in [1.54, 1.807) is 0 Å². The fraction of sp³-hybridized carbons (Fsp3) is 0.312. The zero-order chi connectivity index (χ0) is 47.7. The van der Waals surface area contributed by atoms with Gasteiger partial charge in [0.05, 0.1) is 0 Å². The molecule has 1 aliphatic carbocycles. The molecule has 0 N–H and O–H groups in total. The van der Waals surface area contributed by atoms with E-state index in [1.165, 1.54) is 72.3 Å². The number of benzene rings is 7. The zero-order valence-electron chi connectivity index (χ0n) is 42.3. The first-order valence-corrected chi connectivity index (χ1v) is 25.2. The molecule has 0 saturated carbocycles. The third-order valence-corrected chi connectivity index (χ3v) is 15.5. The summed E-state index contributed by atoms with van der Waals surface area (Å²) < 4.78 is 0. The van der Waals surface area contributed by atoms with Crippen LogP contribution >= 0.6 is 11.3 Å². The summed E-state index contributed by atoms with van der Waals surface area (Å²) in [6.45, 7) is 30.4. The van der Waals surface area contributed by atoms with Crippen molar-refractivity contribution in [1.29, 1.82) is 0 Å². The van der Waals surface area contributed by atoms with Gasteiger partial charge in [0, 0.05) is 49.8 Å². The molecule has 0 amide bonds. The SMILES string of the molecule is CC(C)(C)c1ccc(N(c2ccc(C(C)(C)C)cc2)c2cc(-c3cccc4c(-c5ccccc5)scc34)cc(N(c3ccc(C(C)(C)C)cc3)c3ccc4c(c3)C(C)(C)CCC4(C)C)c2)cc1. The van der Waals surface area contributed by atoms with Crippen LogP contribution in [-0.2, 0) is 27.1 Å². The first-order valence-electron chi connectivity index (χ1n) is 24.4. The number of nitrogens with zero attached hydrogens (tertiary/aromatic N) is 2. The standard InChI is InChI=1S/C64H70N2S/c1-60(2,3)45-22-28-48(29-23-45)65(49-30-24-46(25-31-49)61(4,5)6)52-38-44(54-20-17-21-55-56(54)42-67-59(55)43-18-15-14-16-19-43)39-53(40-52)66(50-32-26-47(27-33-50)62(7,8)9)51-34-35-57-58(41-51)64(12,13)37-36-63(57,10)11/h14-35,38-42H,36-37H2,1-13H3. The van der Waals surface area contributed by atoms with E-state index in [1.807, 2.05) is 11.3 Å². The van der Waals surface area contributed by atoms with E-state index in [-0.39, 0.29) is 27.1 Å². The highest BCUT2D eigenvalue weighted by Crippen LogP contribution is 2.50. The van der Waals surface area contributed by atoms with E-state index in [0.717, 1.165) is 34.9 Å². The molecule has 67 heavy (non-hydrogen) atoms. The minimum absolute atomic E-state index is 0.0290. The Morgan fingerprint density at radius 3 is 1.31 bits per heavy atom. The highest BCUT2D eigenvalue weighted by molar-refractivity contribution is 7.15. The normalized spacial score (nSPS) is 14.8. The average molecular weight is 899 g/mol. The van der Waals surface area contributed by atoms with Gasteiger partial charge >= 0.3 is 0 Å². The largest absolute Gasteiger partial charge is 0.310 e. The molecule has 0 unspecified atom stereocenters. The predicted octanol–water partition coefficient (Wildman–Crippen LogP) is 19.4. The zero-order valence-corrected chi connectivity index (χ0v) is 43.1. The first-order chi connectivity index (χ1) is 31.6. The number of rotatable bonds is 8. The lowest BCUT2D eigenvalue weighted by Crippen LogP contribution is -2.34. The second-order valence-corrected chi connectivity index (χ2v) is 24.4. The average Bonchev–Trinajstić information content (AvgIpc) is 3.73. The molecule has 0 bridgehead atoms. The Kier molecular flexibility index (Phi) is 11.7. The predicted molar refractivity (Wildman–Crippen MR) is 293 cm³/mol. The Morgan fingerprint density at radius 2 is 0.836 bits per heavy atom. The van der Waals surface area contributed by atoms with Crippen molar-refractivity contribution in [2.45, 2.75) is 130 Å². The van der Waals surface area contributed by atoms with Gasteiger partial charge in [0.25, 0.3) is 0 Å². The van der Waals surface area contributed by atoms with Crippen LogP contribution < -0.4 is 9.80 Å². The van der Waals surface area contributed by atoms with E-state index in [2.05, 4.69) is 263 Å². The quantitative estimate of drug-likeness (QED) is 0.150. The van der Waals surface area contributed by atoms with Crippen molar-refractivity contribution < 1.29 is 0 Å². The Bertz CT molecular complexity index is 2980. The van der Waals surface area contributed by atoms with Gasteiger partial charge in [-0.3, -0.25) is 0 Å². The molecule has 0 saturated heterocycles. The van der Waals surface area contributed by atoms with Gasteiger partial charge in [-0.1, -0.05) is 181 Å². The van der Waals surface area contributed by atoms with Crippen LogP contribution in [0.25, 0.3) is 32.3 Å². The fourth-order valence-electron chi connectivity index (χ4n) is 10.1. The van der Waals surface area contributed by atoms with Crippen molar-refractivity contribution >= 4 is 56.2 Å². The summed E-state index contributed by atoms with van der Waals surface area (Å²) in [6.07, 6.45) is 2.34. The van der Waals surface area contributed by atoms with E-state index in [0.29, 0.717) is 0 Å². The minimum atomic E-state index is 0.0290. The summed E-state index contributed by atoms with van der Waals surface area (Å²) in [4.78, 5) is 6.28. The lowest BCUT2D eigenvalue weighted by Gasteiger charge is -2.42. The fourth-order valence-corrected chi connectivity index (χ4v) is 11.2. The van der Waals surface area contributed by atoms with Crippen molar-refractivity contribution in [2.75, 3.05) is 9.80 Å². The van der Waals surface area contributed by atoms with Gasteiger partial charge in [0.1, 0.15) is 0 Å². The second-order valence-electron chi connectivity index (χ2n) is 23.5. The Balaban J connectivity index is 1.34. The summed E-state index contributed by atoms with van der Waals surface area (Å²) in [5.74, 6) is 0. The summed E-state index contributed by atoms with van der Waals surface area (Å²) in [5, 5.41) is 4.91. The van der Waals surface area contributed by atoms with Gasteiger partial charge in [-0.25, -0.2) is 0 Å². The molecule has 1 aromatic heterocycles. The van der Waals surface area contributed by atoms with Crippen molar-refractivity contribution in [3.63, 3.8) is 0 Å². The van der Waals surface area contributed by atoms with Crippen LogP contribution in [0.15, 0.2) is 163 Å². The molecule has 1 aliphatic rings. The van der Waals surface area contributed by atoms with Gasteiger partial charge in [0.2, 0.25) is 0 Å². The monoisotopic (exact) mass is 899 g/mol. The van der Waals surface area contributed by atoms with Crippen molar-refractivity contribution in [3.8, 4) is 21.6 Å². The second kappa shape index (κ2) is 17.0. The van der Waals surface area contributed by atoms with Crippen LogP contribution in [0.4, 0.5) is 34.1 Å². The molecule has 342 valence electrons. The number of thiophene rings is 1. The topological polar surface area (TPSA) is 6.48 Å². The molecule has 9 rings (SSSR count). The van der Waals surface area contributed by atoms with Crippen LogP contribution in [0, 0.1) is 0 Å². The van der Waals surface area contributed by atoms with Crippen LogP contribution in [-0.4, -0.2) is 0 Å². The molecule has 0 spiro atoms. The lowest BCUT2D eigenvalue weighted by atomic mass is 9.63. The Morgan fingerprint density at radius 1 is 0.388 bits per heavy atom. The van der Waals surface area contributed by atoms with Crippen molar-refractivity contribution in [3.05, 3.63) is 191 Å². The van der Waals surface area contributed by atoms with Gasteiger partial charge in [-0.15, -0.1) is 11.3 Å². The molecule has 2 nitrogen and oxygen atoms in total. The molecule has 1 heterocycles. The lowest BCUT2D eigenvalue weighted by molar-refractivity contribution is 0.332. The molecule has 3 heteroatoms. The number of fused-ring (bicyclic) bond motifs is 2. The van der Waals surface area contributed by atoms with Crippen molar-refractivity contribution in [1.82, 2.24) is 0 Å². The molecule has 8 aromatic rings. The molecule has 0 atom stereocenters. The van der Waals surface area contributed by atoms with Gasteiger partial charge in [-0.05, 0) is 157 Å². The van der Waals surface area contributed by atoms with Gasteiger partial charge < -0.3 is 9.80 Å². The molecular weight excluding hydrogens is 829 g/mol. The van der Waals surface area contributed by atoms with E-state index >= 15 is 0 Å². The maximum atomic E-state index is 2.52. The van der Waals surface area contributed by atoms with E-state index in [4.69, 9.17) is 0 Å². The Labute approximate surface area is 406 Å². The van der Waals surface area contributed by atoms with Crippen LogP contribution in [0.5, 0.6) is 0 Å². The summed E-state index contributed by atoms with van der Waals surface area (Å²) in [5.41, 5.74) is 17.5. The van der Waals surface area contributed by atoms with E-state index < -0.39 is 0 Å². The van der Waals surface area contributed by atoms with Crippen LogP contribution in [0.2, 0.25) is 0 Å². The highest BCUT2D eigenvalue weighted by atomic mass is 32.1. The van der Waals surface area contributed by atoms with Crippen molar-refractivity contribution in [2.24, 2.45) is 0 Å². The minimum Gasteiger partial charge on any atom is -0.310 e. The first kappa shape index (κ1) is 46.2. The molecule has 0 aliphatic heterocycles. The molecule has 0 radical (unpaired) electrons. The summed E-state index contributed by atoms with van der Waals surface area (Å²) >= 11 is 1.83. The summed E-state index contributed by atoms with van der Waals surface area (Å²) in [6, 6.07) is 60.1. The molecule has 7 aromatic carbocycles. The maximum Gasteiger partial charge on any atom is 0.0488 e. The van der Waals surface area contributed by atoms with E-state index in [9.17, 15) is 0 Å². The van der Waals surface area contributed by atoms with Crippen LogP contribution in [0.3, 0.4) is 0 Å². The maximum absolute atomic E-state index is 2.52. The molecule has 0 fully saturated rings. The highest BCUT2D eigenvalue weighted by Gasteiger charge is 2.37. The smallest absolute Gasteiger partial charge is 0.0488 e. The summed E-state index contributed by atoms with van der Waals surface area (Å²) in [7, 11) is 0. The number of hydrogen-bond acceptors (Lipinski definition) is 3. The third-order valence-electron chi connectivity index (χ3n) is 14.5. The molecular formula is C64H70N2S. The third kappa shape index (κ3) is 9.13. The Hall–Kier alpha value is -5.90. The van der Waals surface area contributed by atoms with Gasteiger partial charge in [0.15, 0.2) is 0 Å². The van der Waals surface area contributed by atoms with Gasteiger partial charge in [-0.2, -0.15) is 0 Å².